The first kappa shape index (κ1) is 15.6. The van der Waals surface area contributed by atoms with Gasteiger partial charge in [0.15, 0.2) is 0 Å². The molecule has 0 radical (unpaired) electrons. The lowest BCUT2D eigenvalue weighted by Gasteiger charge is -2.29. The van der Waals surface area contributed by atoms with Crippen LogP contribution >= 0.6 is 0 Å². The maximum atomic E-state index is 6.22. The average molecular weight is 310 g/mol. The summed E-state index contributed by atoms with van der Waals surface area (Å²) in [6.45, 7) is 2.54. The molecule has 0 saturated heterocycles. The van der Waals surface area contributed by atoms with Crippen LogP contribution in [0.15, 0.2) is 54.6 Å². The Balaban J connectivity index is 1.81. The molecule has 1 heterocycles. The Morgan fingerprint density at radius 1 is 1.04 bits per heavy atom. The van der Waals surface area contributed by atoms with Gasteiger partial charge in [0, 0.05) is 6.04 Å². The summed E-state index contributed by atoms with van der Waals surface area (Å²) in [7, 11) is 4.13. The van der Waals surface area contributed by atoms with E-state index in [0.717, 1.165) is 16.6 Å². The number of para-hydroxylation sites is 1. The van der Waals surface area contributed by atoms with Crippen molar-refractivity contribution < 1.29 is 4.74 Å². The van der Waals surface area contributed by atoms with Crippen LogP contribution < -0.4 is 0 Å². The van der Waals surface area contributed by atoms with Gasteiger partial charge in [-0.3, -0.25) is 0 Å². The Labute approximate surface area is 136 Å². The number of hydrogen-bond acceptors (Lipinski definition) is 4. The minimum atomic E-state index is -0.0332. The molecule has 0 bridgehead atoms. The van der Waals surface area contributed by atoms with Crippen molar-refractivity contribution in [3.8, 4) is 0 Å². The highest BCUT2D eigenvalue weighted by Gasteiger charge is 2.22. The van der Waals surface area contributed by atoms with E-state index in [1.54, 1.807) is 4.68 Å². The Bertz CT molecular complexity index is 754. The van der Waals surface area contributed by atoms with Crippen molar-refractivity contribution in [2.75, 3.05) is 14.1 Å². The first-order valence-electron chi connectivity index (χ1n) is 7.78. The van der Waals surface area contributed by atoms with Crippen molar-refractivity contribution >= 4 is 11.0 Å². The second-order valence-electron chi connectivity index (χ2n) is 5.91. The molecule has 1 aromatic heterocycles. The van der Waals surface area contributed by atoms with Gasteiger partial charge < -0.3 is 9.64 Å². The summed E-state index contributed by atoms with van der Waals surface area (Å²) < 4.78 is 8.02. The smallest absolute Gasteiger partial charge is 0.142 e. The van der Waals surface area contributed by atoms with Gasteiger partial charge in [0.1, 0.15) is 18.4 Å². The molecule has 120 valence electrons. The van der Waals surface area contributed by atoms with Gasteiger partial charge in [-0.05, 0) is 38.7 Å². The number of benzene rings is 2. The first-order valence-corrected chi connectivity index (χ1v) is 7.78. The van der Waals surface area contributed by atoms with Crippen molar-refractivity contribution in [2.45, 2.75) is 25.8 Å². The fraction of sp³-hybridized carbons (Fsp3) is 0.333. The average Bonchev–Trinajstić information content (AvgIpc) is 2.99. The zero-order chi connectivity index (χ0) is 16.2. The third kappa shape index (κ3) is 3.41. The van der Waals surface area contributed by atoms with Crippen molar-refractivity contribution in [1.82, 2.24) is 19.9 Å². The lowest BCUT2D eigenvalue weighted by Crippen LogP contribution is -2.33. The summed E-state index contributed by atoms with van der Waals surface area (Å²) in [6.07, 6.45) is -0.0332. The fourth-order valence-corrected chi connectivity index (χ4v) is 2.59. The van der Waals surface area contributed by atoms with Gasteiger partial charge in [0.25, 0.3) is 0 Å². The highest BCUT2D eigenvalue weighted by molar-refractivity contribution is 5.73. The molecule has 0 N–H and O–H groups in total. The maximum Gasteiger partial charge on any atom is 0.142 e. The van der Waals surface area contributed by atoms with E-state index >= 15 is 0 Å². The summed E-state index contributed by atoms with van der Waals surface area (Å²) >= 11 is 0. The molecular formula is C18H22N4O. The van der Waals surface area contributed by atoms with Gasteiger partial charge in [0.2, 0.25) is 0 Å². The third-order valence-corrected chi connectivity index (χ3v) is 4.18. The predicted octanol–water partition coefficient (Wildman–Crippen LogP) is 3.10. The summed E-state index contributed by atoms with van der Waals surface area (Å²) in [5, 5.41) is 8.37. The summed E-state index contributed by atoms with van der Waals surface area (Å²) in [6, 6.07) is 18.5. The molecule has 23 heavy (non-hydrogen) atoms. The van der Waals surface area contributed by atoms with Gasteiger partial charge in [0.05, 0.1) is 5.52 Å². The Hall–Kier alpha value is -2.24. The second-order valence-corrected chi connectivity index (χ2v) is 5.91. The lowest BCUT2D eigenvalue weighted by molar-refractivity contribution is -0.0369. The maximum absolute atomic E-state index is 6.22. The topological polar surface area (TPSA) is 43.2 Å². The number of ether oxygens (including phenoxy) is 1. The number of hydrogen-bond donors (Lipinski definition) is 0. The van der Waals surface area contributed by atoms with Crippen LogP contribution in [0.3, 0.4) is 0 Å². The molecule has 0 spiro atoms. The number of likely N-dealkylation sites (N-methyl/N-ethyl adjacent to an activating group) is 1. The van der Waals surface area contributed by atoms with Gasteiger partial charge in [-0.1, -0.05) is 47.7 Å². The molecule has 0 fully saturated rings. The van der Waals surface area contributed by atoms with Gasteiger partial charge in [-0.2, -0.15) is 0 Å². The van der Waals surface area contributed by atoms with E-state index in [0.29, 0.717) is 6.73 Å². The molecule has 0 saturated carbocycles. The van der Waals surface area contributed by atoms with Gasteiger partial charge >= 0.3 is 0 Å². The number of rotatable bonds is 6. The lowest BCUT2D eigenvalue weighted by atomic mass is 10.0. The minimum Gasteiger partial charge on any atom is -0.350 e. The number of nitrogens with zero attached hydrogens (tertiary/aromatic N) is 4. The second kappa shape index (κ2) is 6.89. The number of aromatic nitrogens is 3. The van der Waals surface area contributed by atoms with E-state index in [1.807, 2.05) is 42.5 Å². The highest BCUT2D eigenvalue weighted by Crippen LogP contribution is 2.24. The summed E-state index contributed by atoms with van der Waals surface area (Å²) in [5.41, 5.74) is 3.03. The van der Waals surface area contributed by atoms with Crippen molar-refractivity contribution in [2.24, 2.45) is 0 Å². The summed E-state index contributed by atoms with van der Waals surface area (Å²) in [4.78, 5) is 2.16. The molecule has 2 aromatic carbocycles. The van der Waals surface area contributed by atoms with Gasteiger partial charge in [-0.25, -0.2) is 4.68 Å². The van der Waals surface area contributed by atoms with E-state index < -0.39 is 0 Å². The third-order valence-electron chi connectivity index (χ3n) is 4.18. The van der Waals surface area contributed by atoms with Crippen LogP contribution in [0, 0.1) is 0 Å². The molecule has 0 aliphatic carbocycles. The predicted molar refractivity (Wildman–Crippen MR) is 90.9 cm³/mol. The monoisotopic (exact) mass is 310 g/mol. The molecule has 3 aromatic rings. The van der Waals surface area contributed by atoms with Crippen LogP contribution in [0.1, 0.15) is 18.6 Å². The van der Waals surface area contributed by atoms with Gasteiger partial charge in [-0.15, -0.1) is 5.10 Å². The van der Waals surface area contributed by atoms with Crippen LogP contribution in [0.5, 0.6) is 0 Å². The Kier molecular flexibility index (Phi) is 4.69. The number of fused-ring (bicyclic) bond motifs is 1. The fourth-order valence-electron chi connectivity index (χ4n) is 2.59. The van der Waals surface area contributed by atoms with E-state index in [9.17, 15) is 0 Å². The van der Waals surface area contributed by atoms with E-state index in [1.165, 1.54) is 0 Å². The molecule has 2 atom stereocenters. The van der Waals surface area contributed by atoms with Crippen LogP contribution in [-0.4, -0.2) is 40.0 Å². The minimum absolute atomic E-state index is 0.0332. The Morgan fingerprint density at radius 3 is 2.48 bits per heavy atom. The van der Waals surface area contributed by atoms with E-state index in [4.69, 9.17) is 4.74 Å². The highest BCUT2D eigenvalue weighted by atomic mass is 16.5. The molecule has 0 amide bonds. The molecule has 5 heteroatoms. The molecule has 5 nitrogen and oxygen atoms in total. The van der Waals surface area contributed by atoms with Crippen LogP contribution in [0.2, 0.25) is 0 Å². The normalized spacial score (nSPS) is 14.3. The first-order chi connectivity index (χ1) is 11.2. The quantitative estimate of drug-likeness (QED) is 0.702. The molecule has 0 aliphatic rings. The van der Waals surface area contributed by atoms with Crippen molar-refractivity contribution in [3.63, 3.8) is 0 Å². The van der Waals surface area contributed by atoms with Crippen LogP contribution in [0.4, 0.5) is 0 Å². The van der Waals surface area contributed by atoms with Crippen LogP contribution in [0.25, 0.3) is 11.0 Å². The zero-order valence-corrected chi connectivity index (χ0v) is 13.8. The van der Waals surface area contributed by atoms with E-state index in [2.05, 4.69) is 48.4 Å². The standard InChI is InChI=1S/C18H22N4O/c1-14(21(2)3)18(15-9-5-4-6-10-15)23-13-22-17-12-8-7-11-16(17)19-20-22/h4-12,14,18H,13H2,1-3H3. The van der Waals surface area contributed by atoms with E-state index in [-0.39, 0.29) is 12.1 Å². The molecule has 3 rings (SSSR count). The largest absolute Gasteiger partial charge is 0.350 e. The molecule has 2 unspecified atom stereocenters. The zero-order valence-electron chi connectivity index (χ0n) is 13.8. The van der Waals surface area contributed by atoms with Crippen molar-refractivity contribution in [1.29, 1.82) is 0 Å². The van der Waals surface area contributed by atoms with Crippen LogP contribution in [-0.2, 0) is 11.5 Å². The van der Waals surface area contributed by atoms with Crippen molar-refractivity contribution in [3.05, 3.63) is 60.2 Å². The molecular weight excluding hydrogens is 288 g/mol. The SMILES string of the molecule is CC(C(OCn1nnc2ccccc21)c1ccccc1)N(C)C. The molecule has 0 aliphatic heterocycles. The Morgan fingerprint density at radius 2 is 1.74 bits per heavy atom. The summed E-state index contributed by atoms with van der Waals surface area (Å²) in [5.74, 6) is 0.